The van der Waals surface area contributed by atoms with Gasteiger partial charge in [0.25, 0.3) is 5.91 Å². The van der Waals surface area contributed by atoms with Crippen LogP contribution < -0.4 is 15.5 Å². The molecule has 1 atom stereocenters. The van der Waals surface area contributed by atoms with Crippen LogP contribution in [-0.4, -0.2) is 23.3 Å². The number of nitrogens with two attached hydrogens (primary N) is 1. The number of hydrogen-bond donors (Lipinski definition) is 2. The van der Waals surface area contributed by atoms with Gasteiger partial charge >= 0.3 is 0 Å². The Morgan fingerprint density at radius 3 is 2.88 bits per heavy atom. The van der Waals surface area contributed by atoms with Gasteiger partial charge in [0.2, 0.25) is 0 Å². The molecule has 0 radical (unpaired) electrons. The van der Waals surface area contributed by atoms with E-state index < -0.39 is 11.9 Å². The van der Waals surface area contributed by atoms with Crippen LogP contribution in [0.3, 0.4) is 0 Å². The van der Waals surface area contributed by atoms with Crippen molar-refractivity contribution in [1.29, 1.82) is 0 Å². The summed E-state index contributed by atoms with van der Waals surface area (Å²) in [5.41, 5.74) is 6.97. The number of anilines is 1. The molecule has 1 aliphatic carbocycles. The smallest absolute Gasteiger partial charge is 0.267 e. The quantitative estimate of drug-likeness (QED) is 0.743. The lowest BCUT2D eigenvalue weighted by atomic mass is 9.99. The lowest BCUT2D eigenvalue weighted by molar-refractivity contribution is -0.125. The van der Waals surface area contributed by atoms with E-state index >= 15 is 0 Å². The van der Waals surface area contributed by atoms with Gasteiger partial charge in [0, 0.05) is 6.07 Å². The van der Waals surface area contributed by atoms with Crippen LogP contribution in [0.5, 0.6) is 5.75 Å². The number of fused-ring (bicyclic) bond motifs is 1. The maximum atomic E-state index is 11.5. The van der Waals surface area contributed by atoms with Crippen LogP contribution in [0.25, 0.3) is 0 Å². The second kappa shape index (κ2) is 3.72. The van der Waals surface area contributed by atoms with E-state index in [4.69, 9.17) is 10.5 Å². The third kappa shape index (κ3) is 1.87. The molecule has 0 spiro atoms. The van der Waals surface area contributed by atoms with E-state index in [9.17, 15) is 10.0 Å². The fraction of sp³-hybridized carbons (Fsp3) is 0.417. The van der Waals surface area contributed by atoms with Crippen LogP contribution in [-0.2, 0) is 11.2 Å². The largest absolute Gasteiger partial charge is 0.490 e. The van der Waals surface area contributed by atoms with Gasteiger partial charge in [-0.1, -0.05) is 6.07 Å². The van der Waals surface area contributed by atoms with Crippen molar-refractivity contribution in [2.45, 2.75) is 31.4 Å². The fourth-order valence-corrected chi connectivity index (χ4v) is 1.97. The normalized spacial score (nSPS) is 23.5. The van der Waals surface area contributed by atoms with E-state index in [0.29, 0.717) is 29.0 Å². The van der Waals surface area contributed by atoms with Gasteiger partial charge in [0.05, 0.1) is 17.8 Å². The van der Waals surface area contributed by atoms with Crippen molar-refractivity contribution in [3.8, 4) is 5.75 Å². The van der Waals surface area contributed by atoms with Crippen molar-refractivity contribution in [2.24, 2.45) is 5.73 Å². The summed E-state index contributed by atoms with van der Waals surface area (Å²) < 4.78 is 5.62. The van der Waals surface area contributed by atoms with Crippen LogP contribution in [0.1, 0.15) is 18.4 Å². The predicted molar refractivity (Wildman–Crippen MR) is 61.0 cm³/mol. The van der Waals surface area contributed by atoms with Crippen molar-refractivity contribution < 1.29 is 14.7 Å². The Morgan fingerprint density at radius 1 is 1.41 bits per heavy atom. The minimum Gasteiger partial charge on any atom is -0.490 e. The Labute approximate surface area is 98.7 Å². The summed E-state index contributed by atoms with van der Waals surface area (Å²) >= 11 is 0. The molecule has 1 fully saturated rings. The fourth-order valence-electron chi connectivity index (χ4n) is 1.97. The summed E-state index contributed by atoms with van der Waals surface area (Å²) in [4.78, 5) is 11.5. The van der Waals surface area contributed by atoms with Gasteiger partial charge in [-0.25, -0.2) is 0 Å². The molecule has 5 heteroatoms. The minimum absolute atomic E-state index is 0.293. The second-order valence-electron chi connectivity index (χ2n) is 4.57. The first kappa shape index (κ1) is 10.6. The maximum absolute atomic E-state index is 11.5. The number of carbonyl (C=O) groups excluding carboxylic acids is 1. The molecule has 2 aliphatic rings. The molecule has 1 heterocycles. The van der Waals surface area contributed by atoms with Crippen molar-refractivity contribution in [1.82, 2.24) is 0 Å². The van der Waals surface area contributed by atoms with Gasteiger partial charge < -0.3 is 10.5 Å². The zero-order valence-electron chi connectivity index (χ0n) is 9.30. The summed E-state index contributed by atoms with van der Waals surface area (Å²) in [7, 11) is 0. The first-order valence-electron chi connectivity index (χ1n) is 5.73. The Balaban J connectivity index is 1.92. The van der Waals surface area contributed by atoms with E-state index in [-0.39, 0.29) is 0 Å². The minimum atomic E-state index is -0.664. The highest BCUT2D eigenvalue weighted by molar-refractivity contribution is 5.98. The van der Waals surface area contributed by atoms with Crippen LogP contribution in [0.15, 0.2) is 18.2 Å². The van der Waals surface area contributed by atoms with Gasteiger partial charge in [0.1, 0.15) is 5.75 Å². The number of benzene rings is 1. The first-order chi connectivity index (χ1) is 8.15. The van der Waals surface area contributed by atoms with Crippen LogP contribution >= 0.6 is 0 Å². The number of rotatable bonds is 2. The molecule has 0 saturated heterocycles. The summed E-state index contributed by atoms with van der Waals surface area (Å²) in [5, 5.41) is 10.4. The second-order valence-corrected chi connectivity index (χ2v) is 4.57. The topological polar surface area (TPSA) is 75.8 Å². The third-order valence-electron chi connectivity index (χ3n) is 3.08. The lowest BCUT2D eigenvalue weighted by Crippen LogP contribution is -2.47. The summed E-state index contributed by atoms with van der Waals surface area (Å²) in [6.45, 7) is 0. The molecule has 0 unspecified atom stereocenters. The number of hydrogen-bond acceptors (Lipinski definition) is 4. The molecule has 90 valence electrons. The van der Waals surface area contributed by atoms with Gasteiger partial charge in [-0.15, -0.1) is 0 Å². The maximum Gasteiger partial charge on any atom is 0.267 e. The molecular weight excluding hydrogens is 220 g/mol. The average Bonchev–Trinajstić information content (AvgIpc) is 3.11. The molecule has 0 aromatic heterocycles. The highest BCUT2D eigenvalue weighted by Crippen LogP contribution is 2.33. The van der Waals surface area contributed by atoms with E-state index in [1.807, 2.05) is 12.1 Å². The molecule has 1 saturated carbocycles. The van der Waals surface area contributed by atoms with Crippen molar-refractivity contribution >= 4 is 11.6 Å². The third-order valence-corrected chi connectivity index (χ3v) is 3.08. The SMILES string of the molecule is N[C@H]1Cc2ccc(OC3CC3)cc2N(O)C1=O. The molecule has 1 amide bonds. The Hall–Kier alpha value is -1.59. The molecule has 1 aromatic carbocycles. The molecular formula is C12H14N2O3. The van der Waals surface area contributed by atoms with E-state index in [1.54, 1.807) is 6.07 Å². The first-order valence-corrected chi connectivity index (χ1v) is 5.73. The lowest BCUT2D eigenvalue weighted by Gasteiger charge is -2.27. The number of amides is 1. The number of hydroxylamine groups is 1. The zero-order chi connectivity index (χ0) is 12.0. The molecule has 17 heavy (non-hydrogen) atoms. The molecule has 1 aromatic rings. The van der Waals surface area contributed by atoms with E-state index in [1.165, 1.54) is 0 Å². The van der Waals surface area contributed by atoms with Crippen LogP contribution in [0, 0.1) is 0 Å². The average molecular weight is 234 g/mol. The van der Waals surface area contributed by atoms with Crippen molar-refractivity contribution in [3.63, 3.8) is 0 Å². The van der Waals surface area contributed by atoms with Gasteiger partial charge in [-0.2, -0.15) is 5.06 Å². The molecule has 3 rings (SSSR count). The molecule has 3 N–H and O–H groups in total. The highest BCUT2D eigenvalue weighted by Gasteiger charge is 2.30. The number of carbonyl (C=O) groups is 1. The van der Waals surface area contributed by atoms with Crippen LogP contribution in [0.4, 0.5) is 5.69 Å². The van der Waals surface area contributed by atoms with Crippen molar-refractivity contribution in [2.75, 3.05) is 5.06 Å². The van der Waals surface area contributed by atoms with Crippen LogP contribution in [0.2, 0.25) is 0 Å². The molecule has 0 bridgehead atoms. The summed E-state index contributed by atoms with van der Waals surface area (Å²) in [6, 6.07) is 4.73. The standard InChI is InChI=1S/C12H14N2O3/c13-10-5-7-1-2-9(17-8-3-4-8)6-11(7)14(16)12(10)15/h1-2,6,8,10,16H,3-5,13H2/t10-/m0/s1. The van der Waals surface area contributed by atoms with E-state index in [2.05, 4.69) is 0 Å². The molecule has 5 nitrogen and oxygen atoms in total. The number of ether oxygens (including phenoxy) is 1. The summed E-state index contributed by atoms with van der Waals surface area (Å²) in [5.74, 6) is 0.217. The Bertz CT molecular complexity index is 471. The van der Waals surface area contributed by atoms with E-state index in [0.717, 1.165) is 18.4 Å². The zero-order valence-corrected chi connectivity index (χ0v) is 9.30. The van der Waals surface area contributed by atoms with Gasteiger partial charge in [-0.05, 0) is 30.9 Å². The highest BCUT2D eigenvalue weighted by atomic mass is 16.5. The number of nitrogens with zero attached hydrogens (tertiary/aromatic N) is 1. The Morgan fingerprint density at radius 2 is 2.18 bits per heavy atom. The monoisotopic (exact) mass is 234 g/mol. The van der Waals surface area contributed by atoms with Gasteiger partial charge in [-0.3, -0.25) is 10.0 Å². The summed E-state index contributed by atoms with van der Waals surface area (Å²) in [6.07, 6.45) is 2.89. The predicted octanol–water partition coefficient (Wildman–Crippen LogP) is 0.833. The van der Waals surface area contributed by atoms with Crippen molar-refractivity contribution in [3.05, 3.63) is 23.8 Å². The molecule has 1 aliphatic heterocycles. The Kier molecular flexibility index (Phi) is 2.31. The van der Waals surface area contributed by atoms with Gasteiger partial charge in [0.15, 0.2) is 0 Å².